The van der Waals surface area contributed by atoms with Gasteiger partial charge in [0, 0.05) is 19.3 Å². The second-order valence-electron chi connectivity index (χ2n) is 5.21. The van der Waals surface area contributed by atoms with Gasteiger partial charge in [0.1, 0.15) is 5.65 Å². The summed E-state index contributed by atoms with van der Waals surface area (Å²) >= 11 is 0. The average Bonchev–Trinajstić information content (AvgIpc) is 2.72. The van der Waals surface area contributed by atoms with E-state index in [0.717, 1.165) is 38.1 Å². The first kappa shape index (κ1) is 11.7. The van der Waals surface area contributed by atoms with E-state index in [-0.39, 0.29) is 6.10 Å². The van der Waals surface area contributed by atoms with Crippen molar-refractivity contribution < 1.29 is 5.11 Å². The number of aromatic nitrogens is 2. The molecule has 2 aromatic rings. The van der Waals surface area contributed by atoms with E-state index in [1.807, 2.05) is 6.20 Å². The van der Waals surface area contributed by atoms with E-state index < -0.39 is 0 Å². The first-order chi connectivity index (χ1) is 8.72. The largest absolute Gasteiger partial charge is 0.392 e. The molecule has 18 heavy (non-hydrogen) atoms. The number of imidazole rings is 1. The number of hydrogen-bond acceptors (Lipinski definition) is 3. The van der Waals surface area contributed by atoms with E-state index in [2.05, 4.69) is 39.5 Å². The molecule has 1 atom stereocenters. The van der Waals surface area contributed by atoms with E-state index in [4.69, 9.17) is 0 Å². The third-order valence-corrected chi connectivity index (χ3v) is 3.61. The van der Waals surface area contributed by atoms with Gasteiger partial charge in [0.05, 0.1) is 18.0 Å². The van der Waals surface area contributed by atoms with Gasteiger partial charge in [0.25, 0.3) is 0 Å². The van der Waals surface area contributed by atoms with Crippen LogP contribution in [-0.4, -0.2) is 38.6 Å². The van der Waals surface area contributed by atoms with Crippen molar-refractivity contribution in [3.05, 3.63) is 35.8 Å². The summed E-state index contributed by atoms with van der Waals surface area (Å²) in [6.07, 6.45) is 5.86. The standard InChI is InChI=1S/C14H19N3O/c1-11-4-6-17-12(8-15-14(17)7-11)9-16-5-2-3-13(18)10-16/h4,6-8,13,18H,2-3,5,9-10H2,1H3. The van der Waals surface area contributed by atoms with Gasteiger partial charge in [-0.1, -0.05) is 0 Å². The van der Waals surface area contributed by atoms with Crippen molar-refractivity contribution in [1.29, 1.82) is 0 Å². The summed E-state index contributed by atoms with van der Waals surface area (Å²) in [6, 6.07) is 4.19. The molecule has 96 valence electrons. The summed E-state index contributed by atoms with van der Waals surface area (Å²) in [6.45, 7) is 4.78. The fraction of sp³-hybridized carbons (Fsp3) is 0.500. The Kier molecular flexibility index (Phi) is 3.06. The zero-order valence-corrected chi connectivity index (χ0v) is 10.7. The van der Waals surface area contributed by atoms with Gasteiger partial charge < -0.3 is 9.51 Å². The smallest absolute Gasteiger partial charge is 0.137 e. The molecule has 2 aromatic heterocycles. The zero-order valence-electron chi connectivity index (χ0n) is 10.7. The molecule has 1 aliphatic rings. The van der Waals surface area contributed by atoms with Crippen LogP contribution in [0.4, 0.5) is 0 Å². The number of aliphatic hydroxyl groups is 1. The minimum absolute atomic E-state index is 0.166. The van der Waals surface area contributed by atoms with Gasteiger partial charge in [0.2, 0.25) is 0 Å². The maximum atomic E-state index is 9.69. The number of aryl methyl sites for hydroxylation is 1. The predicted octanol–water partition coefficient (Wildman–Crippen LogP) is 1.60. The SMILES string of the molecule is Cc1ccn2c(CN3CCCC(O)C3)cnc2c1. The molecule has 0 spiro atoms. The molecule has 1 aliphatic heterocycles. The normalized spacial score (nSPS) is 21.6. The topological polar surface area (TPSA) is 40.8 Å². The fourth-order valence-electron chi connectivity index (χ4n) is 2.66. The summed E-state index contributed by atoms with van der Waals surface area (Å²) in [5.41, 5.74) is 3.43. The van der Waals surface area contributed by atoms with Crippen LogP contribution >= 0.6 is 0 Å². The fourth-order valence-corrected chi connectivity index (χ4v) is 2.66. The van der Waals surface area contributed by atoms with Crippen LogP contribution < -0.4 is 0 Å². The number of fused-ring (bicyclic) bond motifs is 1. The lowest BCUT2D eigenvalue weighted by molar-refractivity contribution is 0.0661. The molecule has 3 heterocycles. The lowest BCUT2D eigenvalue weighted by Gasteiger charge is -2.29. The second kappa shape index (κ2) is 4.71. The summed E-state index contributed by atoms with van der Waals surface area (Å²) in [7, 11) is 0. The number of hydrogen-bond donors (Lipinski definition) is 1. The van der Waals surface area contributed by atoms with Crippen molar-refractivity contribution in [3.8, 4) is 0 Å². The summed E-state index contributed by atoms with van der Waals surface area (Å²) in [5, 5.41) is 9.69. The molecule has 1 fully saturated rings. The molecule has 0 bridgehead atoms. The lowest BCUT2D eigenvalue weighted by Crippen LogP contribution is -2.37. The Balaban J connectivity index is 1.82. The Morgan fingerprint density at radius 1 is 1.50 bits per heavy atom. The Bertz CT molecular complexity index is 549. The molecule has 3 rings (SSSR count). The Labute approximate surface area is 107 Å². The third kappa shape index (κ3) is 2.26. The van der Waals surface area contributed by atoms with E-state index in [1.165, 1.54) is 11.3 Å². The maximum absolute atomic E-state index is 9.69. The summed E-state index contributed by atoms with van der Waals surface area (Å²) < 4.78 is 2.13. The van der Waals surface area contributed by atoms with E-state index in [0.29, 0.717) is 0 Å². The first-order valence-corrected chi connectivity index (χ1v) is 6.55. The van der Waals surface area contributed by atoms with E-state index in [1.54, 1.807) is 0 Å². The van der Waals surface area contributed by atoms with Crippen LogP contribution in [0.25, 0.3) is 5.65 Å². The van der Waals surface area contributed by atoms with Crippen molar-refractivity contribution in [2.24, 2.45) is 0 Å². The van der Waals surface area contributed by atoms with E-state index >= 15 is 0 Å². The highest BCUT2D eigenvalue weighted by atomic mass is 16.3. The zero-order chi connectivity index (χ0) is 12.5. The minimum Gasteiger partial charge on any atom is -0.392 e. The van der Waals surface area contributed by atoms with Crippen LogP contribution in [0, 0.1) is 6.92 Å². The molecule has 4 nitrogen and oxygen atoms in total. The Morgan fingerprint density at radius 2 is 2.39 bits per heavy atom. The molecular formula is C14H19N3O. The van der Waals surface area contributed by atoms with Crippen molar-refractivity contribution in [2.45, 2.75) is 32.4 Å². The summed E-state index contributed by atoms with van der Waals surface area (Å²) in [4.78, 5) is 6.74. The highest BCUT2D eigenvalue weighted by molar-refractivity contribution is 5.42. The second-order valence-corrected chi connectivity index (χ2v) is 5.21. The number of β-amino-alcohol motifs (C(OH)–C–C–N with tert-alkyl or cyclic N) is 1. The molecule has 0 aliphatic carbocycles. The number of likely N-dealkylation sites (tertiary alicyclic amines) is 1. The molecular weight excluding hydrogens is 226 g/mol. The highest BCUT2D eigenvalue weighted by Gasteiger charge is 2.18. The Hall–Kier alpha value is -1.39. The summed E-state index contributed by atoms with van der Waals surface area (Å²) in [5.74, 6) is 0. The van der Waals surface area contributed by atoms with Crippen molar-refractivity contribution in [3.63, 3.8) is 0 Å². The van der Waals surface area contributed by atoms with Gasteiger partial charge in [-0.25, -0.2) is 4.98 Å². The number of piperidine rings is 1. The average molecular weight is 245 g/mol. The number of nitrogens with zero attached hydrogens (tertiary/aromatic N) is 3. The number of rotatable bonds is 2. The van der Waals surface area contributed by atoms with Crippen LogP contribution in [0.5, 0.6) is 0 Å². The minimum atomic E-state index is -0.166. The quantitative estimate of drug-likeness (QED) is 0.873. The number of pyridine rings is 1. The number of aliphatic hydroxyl groups excluding tert-OH is 1. The molecule has 0 radical (unpaired) electrons. The molecule has 0 amide bonds. The van der Waals surface area contributed by atoms with Gasteiger partial charge in [0.15, 0.2) is 0 Å². The van der Waals surface area contributed by atoms with Gasteiger partial charge in [-0.2, -0.15) is 0 Å². The lowest BCUT2D eigenvalue weighted by atomic mass is 10.1. The molecule has 4 heteroatoms. The van der Waals surface area contributed by atoms with Gasteiger partial charge >= 0.3 is 0 Å². The van der Waals surface area contributed by atoms with Crippen molar-refractivity contribution >= 4 is 5.65 Å². The maximum Gasteiger partial charge on any atom is 0.137 e. The van der Waals surface area contributed by atoms with Crippen LogP contribution in [0.3, 0.4) is 0 Å². The molecule has 1 saturated heterocycles. The van der Waals surface area contributed by atoms with Crippen LogP contribution in [-0.2, 0) is 6.54 Å². The van der Waals surface area contributed by atoms with Crippen LogP contribution in [0.2, 0.25) is 0 Å². The monoisotopic (exact) mass is 245 g/mol. The predicted molar refractivity (Wildman–Crippen MR) is 70.4 cm³/mol. The van der Waals surface area contributed by atoms with Gasteiger partial charge in [-0.05, 0) is 44.0 Å². The molecule has 1 unspecified atom stereocenters. The first-order valence-electron chi connectivity index (χ1n) is 6.55. The van der Waals surface area contributed by atoms with Gasteiger partial charge in [-0.3, -0.25) is 4.90 Å². The Morgan fingerprint density at radius 3 is 3.22 bits per heavy atom. The van der Waals surface area contributed by atoms with Crippen molar-refractivity contribution in [2.75, 3.05) is 13.1 Å². The molecule has 1 N–H and O–H groups in total. The van der Waals surface area contributed by atoms with Gasteiger partial charge in [-0.15, -0.1) is 0 Å². The molecule has 0 saturated carbocycles. The van der Waals surface area contributed by atoms with E-state index in [9.17, 15) is 5.11 Å². The van der Waals surface area contributed by atoms with Crippen LogP contribution in [0.1, 0.15) is 24.1 Å². The molecule has 0 aromatic carbocycles. The highest BCUT2D eigenvalue weighted by Crippen LogP contribution is 2.15. The van der Waals surface area contributed by atoms with Crippen LogP contribution in [0.15, 0.2) is 24.5 Å². The third-order valence-electron chi connectivity index (χ3n) is 3.61. The van der Waals surface area contributed by atoms with Crippen molar-refractivity contribution in [1.82, 2.24) is 14.3 Å².